The second-order valence-electron chi connectivity index (χ2n) is 4.14. The number of hydrogen-bond donors (Lipinski definition) is 1. The maximum Gasteiger partial charge on any atom is 0.0727 e. The van der Waals surface area contributed by atoms with Crippen LogP contribution in [0.4, 0.5) is 0 Å². The molecule has 0 fully saturated rings. The molecule has 1 nitrogen and oxygen atoms in total. The third kappa shape index (κ3) is 4.90. The van der Waals surface area contributed by atoms with E-state index in [0.29, 0.717) is 11.5 Å². The van der Waals surface area contributed by atoms with Crippen molar-refractivity contribution in [1.82, 2.24) is 0 Å². The zero-order chi connectivity index (χ0) is 14.4. The number of aliphatic hydroxyl groups is 1. The molecule has 0 aliphatic rings. The van der Waals surface area contributed by atoms with Crippen molar-refractivity contribution in [3.8, 4) is 0 Å². The smallest absolute Gasteiger partial charge is 0.0727 e. The average Bonchev–Trinajstić information content (AvgIpc) is 2.45. The lowest BCUT2D eigenvalue weighted by Gasteiger charge is -2.11. The lowest BCUT2D eigenvalue weighted by Crippen LogP contribution is -2.12. The van der Waals surface area contributed by atoms with Crippen molar-refractivity contribution < 1.29 is 5.11 Å². The van der Waals surface area contributed by atoms with Crippen molar-refractivity contribution in [3.63, 3.8) is 0 Å². The first-order valence-corrected chi connectivity index (χ1v) is 8.82. The molecule has 0 atom stereocenters. The van der Waals surface area contributed by atoms with Crippen molar-refractivity contribution in [2.75, 3.05) is 11.5 Å². The first kappa shape index (κ1) is 16.1. The van der Waals surface area contributed by atoms with Crippen LogP contribution in [0.25, 0.3) is 0 Å². The van der Waals surface area contributed by atoms with E-state index in [1.54, 1.807) is 23.5 Å². The van der Waals surface area contributed by atoms with Gasteiger partial charge in [-0.25, -0.2) is 0 Å². The zero-order valence-electron chi connectivity index (χ0n) is 10.6. The summed E-state index contributed by atoms with van der Waals surface area (Å²) in [7, 11) is 0. The van der Waals surface area contributed by atoms with Crippen molar-refractivity contribution >= 4 is 46.7 Å². The maximum absolute atomic E-state index is 10.0. The van der Waals surface area contributed by atoms with E-state index in [4.69, 9.17) is 23.2 Å². The summed E-state index contributed by atoms with van der Waals surface area (Å²) >= 11 is 15.3. The van der Waals surface area contributed by atoms with Gasteiger partial charge in [0.1, 0.15) is 0 Å². The average molecular weight is 345 g/mol. The van der Waals surface area contributed by atoms with Gasteiger partial charge < -0.3 is 5.11 Å². The Balaban J connectivity index is 1.80. The molecule has 0 saturated carbocycles. The highest BCUT2D eigenvalue weighted by atomic mass is 35.5. The number of halogens is 2. The monoisotopic (exact) mass is 344 g/mol. The number of hydrogen-bond acceptors (Lipinski definition) is 3. The fourth-order valence-corrected chi connectivity index (χ4v) is 4.03. The Morgan fingerprint density at radius 1 is 0.800 bits per heavy atom. The molecule has 106 valence electrons. The molecule has 0 heterocycles. The Kier molecular flexibility index (Phi) is 6.59. The summed E-state index contributed by atoms with van der Waals surface area (Å²) in [5.41, 5.74) is 0. The minimum Gasteiger partial charge on any atom is -0.391 e. The Hall–Kier alpha value is -0.320. The maximum atomic E-state index is 10.0. The van der Waals surface area contributed by atoms with Crippen LogP contribution < -0.4 is 0 Å². The highest BCUT2D eigenvalue weighted by Gasteiger charge is 2.09. The number of benzene rings is 2. The van der Waals surface area contributed by atoms with Crippen LogP contribution in [-0.4, -0.2) is 22.7 Å². The van der Waals surface area contributed by atoms with Crippen molar-refractivity contribution in [2.24, 2.45) is 0 Å². The van der Waals surface area contributed by atoms with Gasteiger partial charge in [-0.2, -0.15) is 0 Å². The van der Waals surface area contributed by atoms with Crippen LogP contribution in [-0.2, 0) is 0 Å². The topological polar surface area (TPSA) is 20.2 Å². The second-order valence-corrected chi connectivity index (χ2v) is 7.07. The molecule has 0 spiro atoms. The summed E-state index contributed by atoms with van der Waals surface area (Å²) in [6.45, 7) is 0. The number of aliphatic hydroxyl groups excluding tert-OH is 1. The summed E-state index contributed by atoms with van der Waals surface area (Å²) < 4.78 is 0. The van der Waals surface area contributed by atoms with E-state index >= 15 is 0 Å². The Bertz CT molecular complexity index is 514. The van der Waals surface area contributed by atoms with Crippen LogP contribution in [0.1, 0.15) is 0 Å². The zero-order valence-corrected chi connectivity index (χ0v) is 13.8. The highest BCUT2D eigenvalue weighted by Crippen LogP contribution is 2.30. The second kappa shape index (κ2) is 8.20. The minimum absolute atomic E-state index is 0.405. The third-order valence-electron chi connectivity index (χ3n) is 2.54. The Morgan fingerprint density at radius 3 is 1.60 bits per heavy atom. The predicted octanol–water partition coefficient (Wildman–Crippen LogP) is 5.24. The van der Waals surface area contributed by atoms with Gasteiger partial charge >= 0.3 is 0 Å². The number of rotatable bonds is 6. The van der Waals surface area contributed by atoms with Crippen LogP contribution in [0, 0.1) is 0 Å². The molecular weight excluding hydrogens is 331 g/mol. The molecule has 5 heteroatoms. The van der Waals surface area contributed by atoms with Crippen LogP contribution in [0.2, 0.25) is 10.0 Å². The normalized spacial score (nSPS) is 11.0. The molecule has 0 radical (unpaired) electrons. The van der Waals surface area contributed by atoms with Crippen LogP contribution in [0.15, 0.2) is 58.3 Å². The first-order valence-electron chi connectivity index (χ1n) is 6.09. The minimum atomic E-state index is -0.405. The van der Waals surface area contributed by atoms with Crippen LogP contribution in [0.5, 0.6) is 0 Å². The summed E-state index contributed by atoms with van der Waals surface area (Å²) in [6.07, 6.45) is -0.405. The Labute approximate surface area is 137 Å². The lowest BCUT2D eigenvalue weighted by molar-refractivity contribution is 0.225. The highest BCUT2D eigenvalue weighted by molar-refractivity contribution is 8.00. The van der Waals surface area contributed by atoms with E-state index < -0.39 is 6.10 Å². The molecule has 0 aromatic heterocycles. The van der Waals surface area contributed by atoms with Gasteiger partial charge in [-0.3, -0.25) is 0 Å². The van der Waals surface area contributed by atoms with Gasteiger partial charge in [0, 0.05) is 21.3 Å². The molecule has 0 amide bonds. The summed E-state index contributed by atoms with van der Waals surface area (Å²) in [5, 5.41) is 11.5. The molecular formula is C15H14Cl2OS2. The lowest BCUT2D eigenvalue weighted by atomic mass is 10.4. The van der Waals surface area contributed by atoms with E-state index in [9.17, 15) is 5.11 Å². The predicted molar refractivity (Wildman–Crippen MR) is 90.4 cm³/mol. The molecule has 1 N–H and O–H groups in total. The Morgan fingerprint density at radius 2 is 1.20 bits per heavy atom. The van der Waals surface area contributed by atoms with Gasteiger partial charge in [-0.1, -0.05) is 47.5 Å². The molecule has 0 saturated heterocycles. The fraction of sp³-hybridized carbons (Fsp3) is 0.200. The molecule has 2 aromatic rings. The van der Waals surface area contributed by atoms with Gasteiger partial charge in [-0.15, -0.1) is 23.5 Å². The van der Waals surface area contributed by atoms with E-state index in [2.05, 4.69) is 0 Å². The standard InChI is InChI=1S/C15H14Cl2OS2/c16-12-5-1-3-7-14(12)19-9-11(18)10-20-15-8-4-2-6-13(15)17/h1-8,11,18H,9-10H2. The van der Waals surface area contributed by atoms with Gasteiger partial charge in [0.15, 0.2) is 0 Å². The van der Waals surface area contributed by atoms with Crippen molar-refractivity contribution in [1.29, 1.82) is 0 Å². The first-order chi connectivity index (χ1) is 9.66. The molecule has 0 unspecified atom stereocenters. The van der Waals surface area contributed by atoms with Gasteiger partial charge in [-0.05, 0) is 24.3 Å². The molecule has 0 aliphatic carbocycles. The van der Waals surface area contributed by atoms with E-state index in [1.165, 1.54) is 0 Å². The quantitative estimate of drug-likeness (QED) is 0.723. The summed E-state index contributed by atoms with van der Waals surface area (Å²) in [6, 6.07) is 15.3. The SMILES string of the molecule is OC(CSc1ccccc1Cl)CSc1ccccc1Cl. The summed E-state index contributed by atoms with van der Waals surface area (Å²) in [4.78, 5) is 1.99. The molecule has 20 heavy (non-hydrogen) atoms. The molecule has 0 bridgehead atoms. The van der Waals surface area contributed by atoms with Crippen molar-refractivity contribution in [3.05, 3.63) is 58.6 Å². The third-order valence-corrected chi connectivity index (χ3v) is 5.86. The molecule has 0 aliphatic heterocycles. The van der Waals surface area contributed by atoms with Crippen molar-refractivity contribution in [2.45, 2.75) is 15.9 Å². The van der Waals surface area contributed by atoms with Gasteiger partial charge in [0.05, 0.1) is 16.1 Å². The van der Waals surface area contributed by atoms with Crippen LogP contribution >= 0.6 is 46.7 Å². The van der Waals surface area contributed by atoms with E-state index in [0.717, 1.165) is 19.8 Å². The van der Waals surface area contributed by atoms with E-state index in [-0.39, 0.29) is 0 Å². The van der Waals surface area contributed by atoms with E-state index in [1.807, 2.05) is 48.5 Å². The van der Waals surface area contributed by atoms with Crippen LogP contribution in [0.3, 0.4) is 0 Å². The molecule has 2 rings (SSSR count). The summed E-state index contributed by atoms with van der Waals surface area (Å²) in [5.74, 6) is 1.22. The fourth-order valence-electron chi connectivity index (χ4n) is 1.54. The van der Waals surface area contributed by atoms with Gasteiger partial charge in [0.25, 0.3) is 0 Å². The largest absolute Gasteiger partial charge is 0.391 e. The molecule has 2 aromatic carbocycles. The number of thioether (sulfide) groups is 2. The van der Waals surface area contributed by atoms with Gasteiger partial charge in [0.2, 0.25) is 0 Å².